The van der Waals surface area contributed by atoms with E-state index in [1.165, 1.54) is 0 Å². The Bertz CT molecular complexity index is 736. The summed E-state index contributed by atoms with van der Waals surface area (Å²) in [5.74, 6) is -0.949. The first kappa shape index (κ1) is 16.4. The van der Waals surface area contributed by atoms with E-state index in [9.17, 15) is 13.6 Å². The molecular weight excluding hydrogens is 314 g/mol. The topological polar surface area (TPSA) is 51.2 Å². The summed E-state index contributed by atoms with van der Waals surface area (Å²) in [6.45, 7) is 2.13. The van der Waals surface area contributed by atoms with Crippen LogP contribution in [0.5, 0.6) is 5.75 Å². The number of rotatable bonds is 4. The number of aromatic nitrogens is 1. The lowest BCUT2D eigenvalue weighted by molar-refractivity contribution is -0.133. The number of benzene rings is 1. The van der Waals surface area contributed by atoms with Crippen LogP contribution < -0.4 is 10.1 Å². The first-order chi connectivity index (χ1) is 11.5. The Balaban J connectivity index is 1.72. The van der Waals surface area contributed by atoms with Crippen LogP contribution in [0.1, 0.15) is 16.8 Å². The van der Waals surface area contributed by atoms with Crippen molar-refractivity contribution < 1.29 is 18.3 Å². The lowest BCUT2D eigenvalue weighted by atomic mass is 9.90. The number of hydrogen-bond acceptors (Lipinski definition) is 3. The highest BCUT2D eigenvalue weighted by Crippen LogP contribution is 2.33. The van der Waals surface area contributed by atoms with Crippen LogP contribution in [-0.4, -0.2) is 23.4 Å². The first-order valence-electron chi connectivity index (χ1n) is 7.76. The van der Waals surface area contributed by atoms with Crippen molar-refractivity contribution >= 4 is 5.91 Å². The zero-order valence-corrected chi connectivity index (χ0v) is 13.2. The summed E-state index contributed by atoms with van der Waals surface area (Å²) >= 11 is 0. The standard InChI is InChI=1S/C18H18F2N2O2/c1-11-6-7-21-13(8-11)10-22-18(23)14-9-12-4-2-3-5-15(12)24-16(14)17(19)20/h2-8,14,16-17H,9-10H2,1H3,(H,22,23)/t14-,16-/m1/s1. The van der Waals surface area contributed by atoms with Gasteiger partial charge in [-0.1, -0.05) is 18.2 Å². The van der Waals surface area contributed by atoms with E-state index < -0.39 is 24.4 Å². The summed E-state index contributed by atoms with van der Waals surface area (Å²) in [5, 5.41) is 2.70. The number of para-hydroxylation sites is 1. The molecule has 1 N–H and O–H groups in total. The average molecular weight is 332 g/mol. The molecule has 0 saturated carbocycles. The van der Waals surface area contributed by atoms with Gasteiger partial charge in [-0.15, -0.1) is 0 Å². The molecule has 3 rings (SSSR count). The number of aryl methyl sites for hydroxylation is 1. The summed E-state index contributed by atoms with van der Waals surface area (Å²) in [6.07, 6.45) is -2.28. The fourth-order valence-electron chi connectivity index (χ4n) is 2.84. The van der Waals surface area contributed by atoms with Crippen molar-refractivity contribution in [2.24, 2.45) is 5.92 Å². The molecule has 0 spiro atoms. The molecule has 2 heterocycles. The number of hydrogen-bond donors (Lipinski definition) is 1. The molecule has 4 nitrogen and oxygen atoms in total. The van der Waals surface area contributed by atoms with Gasteiger partial charge in [0.2, 0.25) is 5.91 Å². The van der Waals surface area contributed by atoms with E-state index in [0.717, 1.165) is 11.1 Å². The molecule has 1 aliphatic heterocycles. The number of carbonyl (C=O) groups is 1. The maximum atomic E-state index is 13.3. The van der Waals surface area contributed by atoms with Crippen molar-refractivity contribution in [3.63, 3.8) is 0 Å². The van der Waals surface area contributed by atoms with Crippen LogP contribution >= 0.6 is 0 Å². The zero-order chi connectivity index (χ0) is 17.1. The largest absolute Gasteiger partial charge is 0.483 e. The number of amides is 1. The Kier molecular flexibility index (Phi) is 4.74. The fraction of sp³-hybridized carbons (Fsp3) is 0.333. The van der Waals surface area contributed by atoms with Crippen LogP contribution in [0, 0.1) is 12.8 Å². The van der Waals surface area contributed by atoms with Crippen molar-refractivity contribution in [3.05, 3.63) is 59.4 Å². The van der Waals surface area contributed by atoms with Gasteiger partial charge in [-0.2, -0.15) is 0 Å². The van der Waals surface area contributed by atoms with Gasteiger partial charge in [0.15, 0.2) is 6.10 Å². The molecule has 1 aromatic heterocycles. The summed E-state index contributed by atoms with van der Waals surface area (Å²) < 4.78 is 32.0. The number of halogens is 2. The smallest absolute Gasteiger partial charge is 0.275 e. The van der Waals surface area contributed by atoms with Gasteiger partial charge in [-0.25, -0.2) is 8.78 Å². The second-order valence-electron chi connectivity index (χ2n) is 5.88. The van der Waals surface area contributed by atoms with E-state index in [4.69, 9.17) is 4.74 Å². The molecule has 1 amide bonds. The maximum Gasteiger partial charge on any atom is 0.275 e. The predicted octanol–water partition coefficient (Wildman–Crippen LogP) is 2.89. The number of nitrogens with zero attached hydrogens (tertiary/aromatic N) is 1. The molecule has 2 aromatic rings. The lowest BCUT2D eigenvalue weighted by Crippen LogP contribution is -2.47. The molecule has 0 fully saturated rings. The van der Waals surface area contributed by atoms with Gasteiger partial charge in [0.05, 0.1) is 18.2 Å². The van der Waals surface area contributed by atoms with E-state index in [1.807, 2.05) is 19.1 Å². The van der Waals surface area contributed by atoms with Crippen LogP contribution in [0.4, 0.5) is 8.78 Å². The van der Waals surface area contributed by atoms with Crippen LogP contribution in [0.3, 0.4) is 0 Å². The van der Waals surface area contributed by atoms with Crippen LogP contribution in [0.25, 0.3) is 0 Å². The molecule has 6 heteroatoms. The average Bonchev–Trinajstić information content (AvgIpc) is 2.58. The Morgan fingerprint density at radius 1 is 1.38 bits per heavy atom. The minimum absolute atomic E-state index is 0.203. The molecule has 2 atom stereocenters. The van der Waals surface area contributed by atoms with Gasteiger partial charge >= 0.3 is 0 Å². The minimum atomic E-state index is -2.73. The highest BCUT2D eigenvalue weighted by molar-refractivity contribution is 5.80. The second-order valence-corrected chi connectivity index (χ2v) is 5.88. The lowest BCUT2D eigenvalue weighted by Gasteiger charge is -2.32. The van der Waals surface area contributed by atoms with Crippen LogP contribution in [0.2, 0.25) is 0 Å². The number of alkyl halides is 2. The highest BCUT2D eigenvalue weighted by atomic mass is 19.3. The third kappa shape index (κ3) is 3.53. The summed E-state index contributed by atoms with van der Waals surface area (Å²) in [6, 6.07) is 10.7. The van der Waals surface area contributed by atoms with E-state index >= 15 is 0 Å². The van der Waals surface area contributed by atoms with Crippen molar-refractivity contribution in [2.75, 3.05) is 0 Å². The molecule has 0 unspecified atom stereocenters. The summed E-state index contributed by atoms with van der Waals surface area (Å²) in [4.78, 5) is 16.6. The molecular formula is C18H18F2N2O2. The van der Waals surface area contributed by atoms with Gasteiger partial charge < -0.3 is 10.1 Å². The number of carbonyl (C=O) groups excluding carboxylic acids is 1. The quantitative estimate of drug-likeness (QED) is 0.937. The Morgan fingerprint density at radius 3 is 2.92 bits per heavy atom. The monoisotopic (exact) mass is 332 g/mol. The van der Waals surface area contributed by atoms with Gasteiger partial charge in [-0.3, -0.25) is 9.78 Å². The highest BCUT2D eigenvalue weighted by Gasteiger charge is 2.40. The molecule has 0 aliphatic carbocycles. The van der Waals surface area contributed by atoms with Crippen LogP contribution in [0.15, 0.2) is 42.6 Å². The van der Waals surface area contributed by atoms with E-state index in [0.29, 0.717) is 11.4 Å². The van der Waals surface area contributed by atoms with Crippen molar-refractivity contribution in [1.82, 2.24) is 10.3 Å². The number of fused-ring (bicyclic) bond motifs is 1. The molecule has 126 valence electrons. The van der Waals surface area contributed by atoms with E-state index in [-0.39, 0.29) is 13.0 Å². The van der Waals surface area contributed by atoms with Gasteiger partial charge in [0.25, 0.3) is 6.43 Å². The molecule has 0 bridgehead atoms. The Morgan fingerprint density at radius 2 is 2.17 bits per heavy atom. The number of ether oxygens (including phenoxy) is 1. The molecule has 1 aliphatic rings. The van der Waals surface area contributed by atoms with Crippen molar-refractivity contribution in [2.45, 2.75) is 32.4 Å². The van der Waals surface area contributed by atoms with E-state index in [2.05, 4.69) is 10.3 Å². The molecule has 1 aromatic carbocycles. The number of pyridine rings is 1. The normalized spacial score (nSPS) is 19.5. The van der Waals surface area contributed by atoms with Crippen LogP contribution in [-0.2, 0) is 17.8 Å². The zero-order valence-electron chi connectivity index (χ0n) is 13.2. The van der Waals surface area contributed by atoms with Crippen molar-refractivity contribution in [1.29, 1.82) is 0 Å². The Hall–Kier alpha value is -2.50. The maximum absolute atomic E-state index is 13.3. The Labute approximate surface area is 138 Å². The number of nitrogens with one attached hydrogen (secondary N) is 1. The van der Waals surface area contributed by atoms with Gasteiger partial charge in [-0.05, 0) is 42.7 Å². The minimum Gasteiger partial charge on any atom is -0.483 e. The second kappa shape index (κ2) is 6.95. The SMILES string of the molecule is Cc1ccnc(CNC(=O)[C@@H]2Cc3ccccc3O[C@H]2C(F)F)c1. The predicted molar refractivity (Wildman–Crippen MR) is 84.9 cm³/mol. The van der Waals surface area contributed by atoms with Gasteiger partial charge in [0.1, 0.15) is 5.75 Å². The fourth-order valence-corrected chi connectivity index (χ4v) is 2.84. The van der Waals surface area contributed by atoms with Crippen molar-refractivity contribution in [3.8, 4) is 5.75 Å². The molecule has 0 radical (unpaired) electrons. The first-order valence-corrected chi connectivity index (χ1v) is 7.76. The third-order valence-electron chi connectivity index (χ3n) is 4.07. The molecule has 0 saturated heterocycles. The van der Waals surface area contributed by atoms with Gasteiger partial charge in [0, 0.05) is 6.20 Å². The molecule has 24 heavy (non-hydrogen) atoms. The summed E-state index contributed by atoms with van der Waals surface area (Å²) in [5.41, 5.74) is 2.48. The van der Waals surface area contributed by atoms with E-state index in [1.54, 1.807) is 30.5 Å². The summed E-state index contributed by atoms with van der Waals surface area (Å²) in [7, 11) is 0. The third-order valence-corrected chi connectivity index (χ3v) is 4.07.